The number of hydrogen-bond donors (Lipinski definition) is 1. The van der Waals surface area contributed by atoms with Gasteiger partial charge in [-0.15, -0.1) is 0 Å². The molecule has 0 aliphatic rings. The van der Waals surface area contributed by atoms with E-state index in [2.05, 4.69) is 4.98 Å². The minimum atomic E-state index is -1.05. The Morgan fingerprint density at radius 1 is 1.39 bits per heavy atom. The number of aromatic nitrogens is 2. The van der Waals surface area contributed by atoms with E-state index in [4.69, 9.17) is 0 Å². The summed E-state index contributed by atoms with van der Waals surface area (Å²) in [5, 5.41) is 9.21. The number of aryl methyl sites for hydroxylation is 2. The summed E-state index contributed by atoms with van der Waals surface area (Å²) in [5.41, 5.74) is 1.55. The van der Waals surface area contributed by atoms with Crippen molar-refractivity contribution in [1.82, 2.24) is 9.55 Å². The van der Waals surface area contributed by atoms with Gasteiger partial charge in [-0.2, -0.15) is 0 Å². The van der Waals surface area contributed by atoms with Gasteiger partial charge in [-0.25, -0.2) is 14.2 Å². The van der Waals surface area contributed by atoms with E-state index >= 15 is 0 Å². The number of hydrogen-bond acceptors (Lipinski definition) is 2. The lowest BCUT2D eigenvalue weighted by Gasteiger charge is -2.03. The van der Waals surface area contributed by atoms with Gasteiger partial charge < -0.3 is 9.67 Å². The van der Waals surface area contributed by atoms with Gasteiger partial charge in [-0.05, 0) is 37.6 Å². The molecule has 0 unspecified atom stereocenters. The first-order valence-corrected chi connectivity index (χ1v) is 5.45. The molecule has 1 N–H and O–H groups in total. The van der Waals surface area contributed by atoms with Crippen molar-refractivity contribution in [1.29, 1.82) is 0 Å². The maximum absolute atomic E-state index is 13.2. The van der Waals surface area contributed by atoms with Crippen molar-refractivity contribution in [3.8, 4) is 11.3 Å². The minimum absolute atomic E-state index is 0.110. The summed E-state index contributed by atoms with van der Waals surface area (Å²) in [5.74, 6) is -0.761. The summed E-state index contributed by atoms with van der Waals surface area (Å²) in [6, 6.07) is 4.46. The SMILES string of the molecule is Cc1cc(-c2nc(C)n(C)c2C(=O)O)ccc1F. The van der Waals surface area contributed by atoms with Crippen molar-refractivity contribution in [3.05, 3.63) is 41.1 Å². The predicted molar refractivity (Wildman–Crippen MR) is 65.0 cm³/mol. The Bertz CT molecular complexity index is 632. The molecule has 0 bridgehead atoms. The van der Waals surface area contributed by atoms with Gasteiger partial charge in [0.1, 0.15) is 17.3 Å². The van der Waals surface area contributed by atoms with Crippen molar-refractivity contribution in [2.75, 3.05) is 0 Å². The summed E-state index contributed by atoms with van der Waals surface area (Å²) in [7, 11) is 1.64. The van der Waals surface area contributed by atoms with Crippen LogP contribution in [0.3, 0.4) is 0 Å². The zero-order chi connectivity index (χ0) is 13.4. The molecule has 0 amide bonds. The summed E-state index contributed by atoms with van der Waals surface area (Å²) in [6.45, 7) is 3.36. The van der Waals surface area contributed by atoms with Crippen LogP contribution in [0.4, 0.5) is 4.39 Å². The number of carboxylic acid groups (broad SMARTS) is 1. The largest absolute Gasteiger partial charge is 0.477 e. The lowest BCUT2D eigenvalue weighted by atomic mass is 10.1. The molecule has 2 aromatic rings. The molecular weight excluding hydrogens is 235 g/mol. The summed E-state index contributed by atoms with van der Waals surface area (Å²) < 4.78 is 14.7. The smallest absolute Gasteiger partial charge is 0.354 e. The Labute approximate surface area is 104 Å². The van der Waals surface area contributed by atoms with E-state index in [-0.39, 0.29) is 11.5 Å². The second-order valence-corrected chi connectivity index (χ2v) is 4.18. The highest BCUT2D eigenvalue weighted by atomic mass is 19.1. The molecule has 4 nitrogen and oxygen atoms in total. The monoisotopic (exact) mass is 248 g/mol. The number of rotatable bonds is 2. The molecule has 0 saturated carbocycles. The van der Waals surface area contributed by atoms with Crippen LogP contribution in [0.15, 0.2) is 18.2 Å². The van der Waals surface area contributed by atoms with Gasteiger partial charge in [0, 0.05) is 12.6 Å². The zero-order valence-corrected chi connectivity index (χ0v) is 10.4. The Hall–Kier alpha value is -2.17. The lowest BCUT2D eigenvalue weighted by Crippen LogP contribution is -2.06. The number of carboxylic acids is 1. The fraction of sp³-hybridized carbons (Fsp3) is 0.231. The number of carbonyl (C=O) groups is 1. The predicted octanol–water partition coefficient (Wildman–Crippen LogP) is 2.54. The van der Waals surface area contributed by atoms with Gasteiger partial charge in [-0.3, -0.25) is 0 Å². The standard InChI is InChI=1S/C13H13FN2O2/c1-7-6-9(4-5-10(7)14)11-12(13(17)18)16(3)8(2)15-11/h4-6H,1-3H3,(H,17,18). The van der Waals surface area contributed by atoms with E-state index in [1.807, 2.05) is 0 Å². The molecule has 2 rings (SSSR count). The maximum atomic E-state index is 13.2. The molecule has 1 aromatic carbocycles. The molecular formula is C13H13FN2O2. The van der Waals surface area contributed by atoms with E-state index in [9.17, 15) is 14.3 Å². The third kappa shape index (κ3) is 1.88. The number of halogens is 1. The van der Waals surface area contributed by atoms with E-state index < -0.39 is 5.97 Å². The molecule has 1 aromatic heterocycles. The molecule has 94 valence electrons. The highest BCUT2D eigenvalue weighted by Gasteiger charge is 2.20. The van der Waals surface area contributed by atoms with Gasteiger partial charge in [0.2, 0.25) is 0 Å². The van der Waals surface area contributed by atoms with Crippen molar-refractivity contribution in [3.63, 3.8) is 0 Å². The van der Waals surface area contributed by atoms with Crippen molar-refractivity contribution < 1.29 is 14.3 Å². The van der Waals surface area contributed by atoms with Gasteiger partial charge in [0.05, 0.1) is 0 Å². The zero-order valence-electron chi connectivity index (χ0n) is 10.4. The van der Waals surface area contributed by atoms with Crippen LogP contribution in [-0.4, -0.2) is 20.6 Å². The van der Waals surface area contributed by atoms with Crippen LogP contribution < -0.4 is 0 Å². The van der Waals surface area contributed by atoms with Gasteiger partial charge in [0.25, 0.3) is 0 Å². The Morgan fingerprint density at radius 2 is 2.06 bits per heavy atom. The average Bonchev–Trinajstić information content (AvgIpc) is 2.59. The summed E-state index contributed by atoms with van der Waals surface area (Å²) >= 11 is 0. The number of imidazole rings is 1. The second kappa shape index (κ2) is 4.25. The first-order valence-electron chi connectivity index (χ1n) is 5.45. The molecule has 0 radical (unpaired) electrons. The first-order chi connectivity index (χ1) is 8.41. The molecule has 0 saturated heterocycles. The molecule has 18 heavy (non-hydrogen) atoms. The Kier molecular flexibility index (Phi) is 2.90. The highest BCUT2D eigenvalue weighted by Crippen LogP contribution is 2.25. The van der Waals surface area contributed by atoms with Crippen molar-refractivity contribution in [2.24, 2.45) is 7.05 Å². The number of nitrogens with zero attached hydrogens (tertiary/aromatic N) is 2. The molecule has 0 aliphatic heterocycles. The fourth-order valence-electron chi connectivity index (χ4n) is 1.85. The van der Waals surface area contributed by atoms with E-state index in [0.717, 1.165) is 0 Å². The third-order valence-electron chi connectivity index (χ3n) is 2.95. The number of aromatic carboxylic acids is 1. The molecule has 5 heteroatoms. The summed E-state index contributed by atoms with van der Waals surface area (Å²) in [4.78, 5) is 15.5. The lowest BCUT2D eigenvalue weighted by molar-refractivity contribution is 0.0687. The van der Waals surface area contributed by atoms with Crippen LogP contribution in [0.25, 0.3) is 11.3 Å². The fourth-order valence-corrected chi connectivity index (χ4v) is 1.85. The summed E-state index contributed by atoms with van der Waals surface area (Å²) in [6.07, 6.45) is 0. The Balaban J connectivity index is 2.67. The highest BCUT2D eigenvalue weighted by molar-refractivity contribution is 5.93. The Morgan fingerprint density at radius 3 is 2.61 bits per heavy atom. The third-order valence-corrected chi connectivity index (χ3v) is 2.95. The number of benzene rings is 1. The van der Waals surface area contributed by atoms with E-state index in [0.29, 0.717) is 22.6 Å². The maximum Gasteiger partial charge on any atom is 0.354 e. The molecule has 0 fully saturated rings. The minimum Gasteiger partial charge on any atom is -0.477 e. The van der Waals surface area contributed by atoms with Crippen LogP contribution in [0.1, 0.15) is 21.9 Å². The van der Waals surface area contributed by atoms with Gasteiger partial charge in [0.15, 0.2) is 5.69 Å². The van der Waals surface area contributed by atoms with Gasteiger partial charge >= 0.3 is 5.97 Å². The topological polar surface area (TPSA) is 55.1 Å². The van der Waals surface area contributed by atoms with E-state index in [1.54, 1.807) is 27.0 Å². The van der Waals surface area contributed by atoms with E-state index in [1.165, 1.54) is 16.7 Å². The average molecular weight is 248 g/mol. The van der Waals surface area contributed by atoms with Crippen LogP contribution in [0.2, 0.25) is 0 Å². The van der Waals surface area contributed by atoms with Crippen molar-refractivity contribution in [2.45, 2.75) is 13.8 Å². The molecule has 0 aliphatic carbocycles. The molecule has 0 spiro atoms. The first kappa shape index (κ1) is 12.3. The van der Waals surface area contributed by atoms with Gasteiger partial charge in [-0.1, -0.05) is 0 Å². The van der Waals surface area contributed by atoms with Crippen molar-refractivity contribution >= 4 is 5.97 Å². The van der Waals surface area contributed by atoms with Crippen LogP contribution >= 0.6 is 0 Å². The van der Waals surface area contributed by atoms with Crippen LogP contribution in [-0.2, 0) is 7.05 Å². The second-order valence-electron chi connectivity index (χ2n) is 4.18. The molecule has 1 heterocycles. The molecule has 0 atom stereocenters. The van der Waals surface area contributed by atoms with Crippen LogP contribution in [0.5, 0.6) is 0 Å². The quantitative estimate of drug-likeness (QED) is 0.888. The van der Waals surface area contributed by atoms with Crippen LogP contribution in [0, 0.1) is 19.7 Å². The normalized spacial score (nSPS) is 10.7.